The van der Waals surface area contributed by atoms with Crippen LogP contribution in [-0.4, -0.2) is 32.4 Å². The number of nitrogens with one attached hydrogen (secondary N) is 1. The highest BCUT2D eigenvalue weighted by Crippen LogP contribution is 2.32. The van der Waals surface area contributed by atoms with Crippen molar-refractivity contribution in [2.45, 2.75) is 12.2 Å². The summed E-state index contributed by atoms with van der Waals surface area (Å²) in [5, 5.41) is 0.731. The van der Waals surface area contributed by atoms with E-state index in [0.717, 1.165) is 9.87 Å². The van der Waals surface area contributed by atoms with Gasteiger partial charge in [0.15, 0.2) is 5.78 Å². The highest BCUT2D eigenvalue weighted by atomic mass is 32.2. The van der Waals surface area contributed by atoms with Gasteiger partial charge in [-0.15, -0.1) is 0 Å². The number of amides is 1. The molecular weight excluding hydrogens is 328 g/mol. The minimum atomic E-state index is -4.12. The van der Waals surface area contributed by atoms with Gasteiger partial charge in [0.1, 0.15) is 0 Å². The summed E-state index contributed by atoms with van der Waals surface area (Å²) < 4.78 is 26.2. The van der Waals surface area contributed by atoms with Crippen LogP contribution in [0.3, 0.4) is 0 Å². The fourth-order valence-corrected chi connectivity index (χ4v) is 4.19. The Morgan fingerprint density at radius 2 is 1.83 bits per heavy atom. The molecule has 1 amide bonds. The van der Waals surface area contributed by atoms with Gasteiger partial charge in [0.2, 0.25) is 5.25 Å². The van der Waals surface area contributed by atoms with Crippen molar-refractivity contribution in [3.05, 3.63) is 59.7 Å². The van der Waals surface area contributed by atoms with Crippen molar-refractivity contribution in [3.63, 3.8) is 0 Å². The monoisotopic (exact) mass is 344 g/mol. The maximum absolute atomic E-state index is 12.6. The summed E-state index contributed by atoms with van der Waals surface area (Å²) in [6, 6.07) is 13.3. The first kappa shape index (κ1) is 16.2. The number of nitrogens with zero attached hydrogens (tertiary/aromatic N) is 1. The van der Waals surface area contributed by atoms with E-state index < -0.39 is 27.0 Å². The van der Waals surface area contributed by atoms with Gasteiger partial charge in [-0.2, -0.15) is 0 Å². The summed E-state index contributed by atoms with van der Waals surface area (Å²) >= 11 is 0. The number of aryl methyl sites for hydroxylation is 1. The van der Waals surface area contributed by atoms with E-state index in [-0.39, 0.29) is 11.3 Å². The summed E-state index contributed by atoms with van der Waals surface area (Å²) in [5.41, 5.74) is 1.86. The molecule has 124 valence electrons. The molecule has 0 aromatic heterocycles. The molecule has 1 aliphatic rings. The lowest BCUT2D eigenvalue weighted by molar-refractivity contribution is -0.115. The Labute approximate surface area is 140 Å². The molecule has 0 radical (unpaired) electrons. The number of para-hydroxylation sites is 1. The van der Waals surface area contributed by atoms with E-state index in [2.05, 4.69) is 5.32 Å². The Morgan fingerprint density at radius 3 is 2.54 bits per heavy atom. The van der Waals surface area contributed by atoms with E-state index in [1.54, 1.807) is 36.4 Å². The number of hydrogen-bond acceptors (Lipinski definition) is 4. The predicted octanol–water partition coefficient (Wildman–Crippen LogP) is 1.96. The van der Waals surface area contributed by atoms with E-state index >= 15 is 0 Å². The van der Waals surface area contributed by atoms with Crippen molar-refractivity contribution in [1.29, 1.82) is 0 Å². The molecule has 1 N–H and O–H groups in total. The number of anilines is 2. The Hall–Kier alpha value is -2.67. The number of benzene rings is 2. The molecule has 0 spiro atoms. The van der Waals surface area contributed by atoms with Crippen LogP contribution in [0.5, 0.6) is 0 Å². The maximum atomic E-state index is 12.6. The predicted molar refractivity (Wildman–Crippen MR) is 91.7 cm³/mol. The van der Waals surface area contributed by atoms with Crippen LogP contribution in [0.25, 0.3) is 0 Å². The smallest absolute Gasteiger partial charge is 0.254 e. The summed E-state index contributed by atoms with van der Waals surface area (Å²) in [6.45, 7) is 1.85. The lowest BCUT2D eigenvalue weighted by Gasteiger charge is -2.31. The summed E-state index contributed by atoms with van der Waals surface area (Å²) in [6.07, 6.45) is 0. The van der Waals surface area contributed by atoms with Crippen LogP contribution in [0.15, 0.2) is 48.5 Å². The molecule has 1 heterocycles. The third kappa shape index (κ3) is 2.56. The van der Waals surface area contributed by atoms with Crippen molar-refractivity contribution in [1.82, 2.24) is 0 Å². The average molecular weight is 344 g/mol. The van der Waals surface area contributed by atoms with Gasteiger partial charge in [0.25, 0.3) is 15.9 Å². The van der Waals surface area contributed by atoms with Crippen LogP contribution in [0.1, 0.15) is 15.9 Å². The number of sulfonamides is 1. The summed E-state index contributed by atoms with van der Waals surface area (Å²) in [7, 11) is -2.78. The molecule has 0 saturated heterocycles. The Balaban J connectivity index is 2.01. The molecule has 6 nitrogen and oxygen atoms in total. The zero-order valence-corrected chi connectivity index (χ0v) is 14.0. The molecule has 0 fully saturated rings. The van der Waals surface area contributed by atoms with Gasteiger partial charge in [0.05, 0.1) is 5.69 Å². The molecule has 7 heteroatoms. The second kappa shape index (κ2) is 5.76. The average Bonchev–Trinajstić information content (AvgIpc) is 2.53. The van der Waals surface area contributed by atoms with Crippen LogP contribution < -0.4 is 9.62 Å². The first-order valence-electron chi connectivity index (χ1n) is 7.31. The van der Waals surface area contributed by atoms with E-state index in [0.29, 0.717) is 5.69 Å². The van der Waals surface area contributed by atoms with Crippen LogP contribution in [-0.2, 0) is 14.8 Å². The van der Waals surface area contributed by atoms with Gasteiger partial charge in [0, 0.05) is 18.3 Å². The molecule has 0 saturated carbocycles. The summed E-state index contributed by atoms with van der Waals surface area (Å²) in [4.78, 5) is 25.1. The quantitative estimate of drug-likeness (QED) is 0.844. The second-order valence-electron chi connectivity index (χ2n) is 5.63. The minimum absolute atomic E-state index is 0.221. The third-order valence-electron chi connectivity index (χ3n) is 3.95. The highest BCUT2D eigenvalue weighted by Gasteiger charge is 2.47. The lowest BCUT2D eigenvalue weighted by Crippen LogP contribution is -2.51. The number of carbonyl (C=O) groups is 2. The Morgan fingerprint density at radius 1 is 1.12 bits per heavy atom. The topological polar surface area (TPSA) is 83.6 Å². The van der Waals surface area contributed by atoms with Gasteiger partial charge < -0.3 is 5.32 Å². The minimum Gasteiger partial charge on any atom is -0.324 e. The van der Waals surface area contributed by atoms with Crippen LogP contribution in [0, 0.1) is 6.92 Å². The zero-order chi connectivity index (χ0) is 17.5. The number of carbonyl (C=O) groups excluding carboxylic acids is 2. The van der Waals surface area contributed by atoms with Gasteiger partial charge in [-0.3, -0.25) is 13.9 Å². The molecule has 3 rings (SSSR count). The summed E-state index contributed by atoms with van der Waals surface area (Å²) in [5.74, 6) is -1.57. The second-order valence-corrected chi connectivity index (χ2v) is 7.68. The third-order valence-corrected chi connectivity index (χ3v) is 5.93. The first-order valence-corrected chi connectivity index (χ1v) is 8.81. The fourth-order valence-electron chi connectivity index (χ4n) is 2.71. The van der Waals surface area contributed by atoms with Crippen LogP contribution >= 0.6 is 0 Å². The number of Topliss-reactive ketones (excluding diaryl/α,β-unsaturated/α-hetero) is 1. The molecular formula is C17H16N2O4S. The Kier molecular flexibility index (Phi) is 3.88. The lowest BCUT2D eigenvalue weighted by atomic mass is 10.0. The molecule has 2 aromatic rings. The van der Waals surface area contributed by atoms with E-state index in [9.17, 15) is 18.0 Å². The van der Waals surface area contributed by atoms with Gasteiger partial charge in [-0.05, 0) is 36.8 Å². The molecule has 0 unspecified atom stereocenters. The number of fused-ring (bicyclic) bond motifs is 1. The molecule has 2 aromatic carbocycles. The van der Waals surface area contributed by atoms with E-state index in [4.69, 9.17) is 0 Å². The molecule has 24 heavy (non-hydrogen) atoms. The fraction of sp³-hybridized carbons (Fsp3) is 0.176. The van der Waals surface area contributed by atoms with E-state index in [1.807, 2.05) is 13.0 Å². The molecule has 1 aliphatic heterocycles. The van der Waals surface area contributed by atoms with E-state index in [1.165, 1.54) is 13.1 Å². The largest absolute Gasteiger partial charge is 0.324 e. The molecule has 0 aliphatic carbocycles. The van der Waals surface area contributed by atoms with Crippen molar-refractivity contribution < 1.29 is 18.0 Å². The van der Waals surface area contributed by atoms with Gasteiger partial charge in [-0.1, -0.05) is 24.3 Å². The van der Waals surface area contributed by atoms with Gasteiger partial charge >= 0.3 is 0 Å². The first-order chi connectivity index (χ1) is 11.3. The standard InChI is InChI=1S/C17H16N2O4S/c1-11-6-5-7-12(10-11)18-17(21)16-15(20)13-8-3-4-9-14(13)19(2)24(16,22)23/h3-10,16H,1-2H3,(H,18,21)/t16-/m0/s1. The molecule has 0 bridgehead atoms. The van der Waals surface area contributed by atoms with Crippen molar-refractivity contribution in [2.75, 3.05) is 16.7 Å². The SMILES string of the molecule is Cc1cccc(NC(=O)[C@@H]2C(=O)c3ccccc3N(C)S2(=O)=O)c1. The maximum Gasteiger partial charge on any atom is 0.254 e. The van der Waals surface area contributed by atoms with Crippen molar-refractivity contribution in [3.8, 4) is 0 Å². The number of ketones is 1. The number of hydrogen-bond donors (Lipinski definition) is 1. The van der Waals surface area contributed by atoms with Crippen LogP contribution in [0.4, 0.5) is 11.4 Å². The normalized spacial score (nSPS) is 18.8. The van der Waals surface area contributed by atoms with Crippen molar-refractivity contribution in [2.24, 2.45) is 0 Å². The highest BCUT2D eigenvalue weighted by molar-refractivity contribution is 7.95. The number of rotatable bonds is 2. The Bertz CT molecular complexity index is 937. The zero-order valence-electron chi connectivity index (χ0n) is 13.2. The van der Waals surface area contributed by atoms with Crippen LogP contribution in [0.2, 0.25) is 0 Å². The van der Waals surface area contributed by atoms with Gasteiger partial charge in [-0.25, -0.2) is 8.42 Å². The molecule has 1 atom stereocenters. The van der Waals surface area contributed by atoms with Crippen molar-refractivity contribution >= 4 is 33.1 Å².